The lowest BCUT2D eigenvalue weighted by atomic mass is 9.97. The molecule has 114 valence electrons. The zero-order valence-electron chi connectivity index (χ0n) is 12.1. The Bertz CT molecular complexity index is 436. The van der Waals surface area contributed by atoms with Crippen LogP contribution in [0.5, 0.6) is 0 Å². The Balaban J connectivity index is 0.00000200. The number of nitrogens with zero attached hydrogens (tertiary/aromatic N) is 1. The van der Waals surface area contributed by atoms with E-state index in [-0.39, 0.29) is 24.3 Å². The van der Waals surface area contributed by atoms with Crippen LogP contribution in [0.2, 0.25) is 0 Å². The molecule has 0 bridgehead atoms. The van der Waals surface area contributed by atoms with Crippen LogP contribution in [0.1, 0.15) is 36.9 Å². The van der Waals surface area contributed by atoms with Crippen LogP contribution in [0, 0.1) is 12.7 Å². The molecule has 0 aliphatic carbocycles. The largest absolute Gasteiger partial charge is 0.314 e. The molecule has 5 heteroatoms. The molecule has 1 aliphatic rings. The van der Waals surface area contributed by atoms with Gasteiger partial charge in [0, 0.05) is 42.3 Å². The zero-order chi connectivity index (χ0) is 13.8. The van der Waals surface area contributed by atoms with E-state index in [1.54, 1.807) is 0 Å². The number of hydrogen-bond donors (Lipinski definition) is 1. The van der Waals surface area contributed by atoms with Gasteiger partial charge in [-0.25, -0.2) is 4.39 Å². The van der Waals surface area contributed by atoms with Crippen LogP contribution >= 0.6 is 28.3 Å². The highest BCUT2D eigenvalue weighted by Gasteiger charge is 2.24. The molecule has 1 aliphatic heterocycles. The molecule has 0 unspecified atom stereocenters. The summed E-state index contributed by atoms with van der Waals surface area (Å²) in [4.78, 5) is 2.41. The highest BCUT2D eigenvalue weighted by molar-refractivity contribution is 9.10. The summed E-state index contributed by atoms with van der Waals surface area (Å²) in [6, 6.07) is 3.99. The quantitative estimate of drug-likeness (QED) is 0.865. The fraction of sp³-hybridized carbons (Fsp3) is 0.600. The van der Waals surface area contributed by atoms with Gasteiger partial charge in [0.2, 0.25) is 0 Å². The van der Waals surface area contributed by atoms with Crippen LogP contribution in [0.25, 0.3) is 0 Å². The molecule has 1 aromatic carbocycles. The van der Waals surface area contributed by atoms with Gasteiger partial charge in [-0.3, -0.25) is 4.90 Å². The Morgan fingerprint density at radius 1 is 1.35 bits per heavy atom. The Labute approximate surface area is 135 Å². The van der Waals surface area contributed by atoms with Gasteiger partial charge < -0.3 is 5.32 Å². The van der Waals surface area contributed by atoms with Crippen molar-refractivity contribution in [1.29, 1.82) is 0 Å². The van der Waals surface area contributed by atoms with E-state index in [9.17, 15) is 4.39 Å². The first-order valence-corrected chi connectivity index (χ1v) is 7.83. The smallest absolute Gasteiger partial charge is 0.130 e. The first-order valence-electron chi connectivity index (χ1n) is 7.03. The number of rotatable bonds is 4. The third-order valence-corrected chi connectivity index (χ3v) is 4.22. The minimum Gasteiger partial charge on any atom is -0.314 e. The fourth-order valence-electron chi connectivity index (χ4n) is 2.80. The molecular weight excluding hydrogens is 343 g/mol. The molecule has 2 nitrogen and oxygen atoms in total. The normalized spacial score (nSPS) is 17.6. The first kappa shape index (κ1) is 17.9. The fourth-order valence-corrected chi connectivity index (χ4v) is 3.39. The average molecular weight is 366 g/mol. The lowest BCUT2D eigenvalue weighted by Crippen LogP contribution is -2.45. The van der Waals surface area contributed by atoms with Gasteiger partial charge in [-0.2, -0.15) is 0 Å². The second-order valence-corrected chi connectivity index (χ2v) is 6.13. The van der Waals surface area contributed by atoms with Gasteiger partial charge in [-0.15, -0.1) is 12.4 Å². The second kappa shape index (κ2) is 8.32. The number of nitrogens with one attached hydrogen (secondary N) is 1. The van der Waals surface area contributed by atoms with Crippen molar-refractivity contribution in [2.24, 2.45) is 0 Å². The topological polar surface area (TPSA) is 15.3 Å². The summed E-state index contributed by atoms with van der Waals surface area (Å²) in [6.45, 7) is 7.98. The van der Waals surface area contributed by atoms with Gasteiger partial charge in [0.1, 0.15) is 5.82 Å². The summed E-state index contributed by atoms with van der Waals surface area (Å²) in [5.74, 6) is -0.0415. The van der Waals surface area contributed by atoms with Crippen molar-refractivity contribution in [2.75, 3.05) is 26.2 Å². The maximum atomic E-state index is 14.4. The maximum Gasteiger partial charge on any atom is 0.130 e. The van der Waals surface area contributed by atoms with Gasteiger partial charge in [0.05, 0.1) is 0 Å². The predicted octanol–water partition coefficient (Wildman–Crippen LogP) is 4.06. The number of piperazine rings is 1. The van der Waals surface area contributed by atoms with E-state index in [0.717, 1.165) is 54.6 Å². The van der Waals surface area contributed by atoms with Crippen LogP contribution in [0.15, 0.2) is 16.6 Å². The van der Waals surface area contributed by atoms with Crippen molar-refractivity contribution in [3.05, 3.63) is 33.5 Å². The molecule has 1 N–H and O–H groups in total. The van der Waals surface area contributed by atoms with E-state index in [0.29, 0.717) is 0 Å². The summed E-state index contributed by atoms with van der Waals surface area (Å²) in [6.07, 6.45) is 2.08. The molecule has 1 atom stereocenters. The number of hydrogen-bond acceptors (Lipinski definition) is 2. The summed E-state index contributed by atoms with van der Waals surface area (Å²) < 4.78 is 15.4. The lowest BCUT2D eigenvalue weighted by molar-refractivity contribution is 0.161. The van der Waals surface area contributed by atoms with E-state index < -0.39 is 0 Å². The van der Waals surface area contributed by atoms with Crippen molar-refractivity contribution >= 4 is 28.3 Å². The van der Waals surface area contributed by atoms with Crippen molar-refractivity contribution < 1.29 is 4.39 Å². The average Bonchev–Trinajstić information content (AvgIpc) is 2.41. The van der Waals surface area contributed by atoms with E-state index in [1.165, 1.54) is 0 Å². The van der Waals surface area contributed by atoms with E-state index in [2.05, 4.69) is 33.1 Å². The Kier molecular flexibility index (Phi) is 7.45. The number of halogens is 3. The minimum absolute atomic E-state index is 0. The van der Waals surface area contributed by atoms with Crippen LogP contribution < -0.4 is 5.32 Å². The molecule has 0 spiro atoms. The lowest BCUT2D eigenvalue weighted by Gasteiger charge is -2.35. The van der Waals surface area contributed by atoms with Crippen LogP contribution in [0.3, 0.4) is 0 Å². The Hall–Kier alpha value is -0.160. The van der Waals surface area contributed by atoms with E-state index in [4.69, 9.17) is 0 Å². The molecule has 0 aromatic heterocycles. The summed E-state index contributed by atoms with van der Waals surface area (Å²) in [5, 5.41) is 3.36. The third-order valence-electron chi connectivity index (χ3n) is 3.76. The van der Waals surface area contributed by atoms with E-state index in [1.807, 2.05) is 19.1 Å². The van der Waals surface area contributed by atoms with Crippen molar-refractivity contribution in [3.8, 4) is 0 Å². The summed E-state index contributed by atoms with van der Waals surface area (Å²) in [7, 11) is 0. The van der Waals surface area contributed by atoms with Gasteiger partial charge in [-0.1, -0.05) is 29.3 Å². The van der Waals surface area contributed by atoms with Crippen molar-refractivity contribution in [3.63, 3.8) is 0 Å². The molecule has 20 heavy (non-hydrogen) atoms. The van der Waals surface area contributed by atoms with Crippen molar-refractivity contribution in [2.45, 2.75) is 32.7 Å². The minimum atomic E-state index is -0.0415. The molecule has 1 heterocycles. The Morgan fingerprint density at radius 3 is 2.60 bits per heavy atom. The van der Waals surface area contributed by atoms with Crippen LogP contribution in [-0.2, 0) is 0 Å². The highest BCUT2D eigenvalue weighted by atomic mass is 79.9. The molecule has 1 aromatic rings. The van der Waals surface area contributed by atoms with E-state index >= 15 is 0 Å². The highest BCUT2D eigenvalue weighted by Crippen LogP contribution is 2.31. The molecule has 0 saturated carbocycles. The SMILES string of the molecule is CCC[C@H](c1cc(Br)cc(C)c1F)N1CCNCC1.Cl. The predicted molar refractivity (Wildman–Crippen MR) is 88.2 cm³/mol. The van der Waals surface area contributed by atoms with Gasteiger partial charge in [-0.05, 0) is 31.0 Å². The number of benzene rings is 1. The zero-order valence-corrected chi connectivity index (χ0v) is 14.5. The third kappa shape index (κ3) is 4.17. The van der Waals surface area contributed by atoms with Crippen LogP contribution in [0.4, 0.5) is 4.39 Å². The molecule has 1 saturated heterocycles. The Morgan fingerprint density at radius 2 is 2.00 bits per heavy atom. The second-order valence-electron chi connectivity index (χ2n) is 5.22. The molecule has 0 amide bonds. The summed E-state index contributed by atoms with van der Waals surface area (Å²) in [5.41, 5.74) is 1.57. The standard InChI is InChI=1S/C15H22BrFN2.ClH/c1-3-4-14(19-7-5-18-6-8-19)13-10-12(16)9-11(2)15(13)17;/h9-10,14,18H,3-8H2,1-2H3;1H/t14-;/m1./s1. The maximum absolute atomic E-state index is 14.4. The molecule has 2 rings (SSSR count). The van der Waals surface area contributed by atoms with Crippen LogP contribution in [-0.4, -0.2) is 31.1 Å². The van der Waals surface area contributed by atoms with Crippen molar-refractivity contribution in [1.82, 2.24) is 10.2 Å². The number of aryl methyl sites for hydroxylation is 1. The van der Waals surface area contributed by atoms with Gasteiger partial charge in [0.15, 0.2) is 0 Å². The molecule has 1 fully saturated rings. The first-order chi connectivity index (χ1) is 9.13. The molecular formula is C15H23BrClFN2. The van der Waals surface area contributed by atoms with Gasteiger partial charge >= 0.3 is 0 Å². The monoisotopic (exact) mass is 364 g/mol. The molecule has 0 radical (unpaired) electrons. The summed E-state index contributed by atoms with van der Waals surface area (Å²) >= 11 is 3.49. The van der Waals surface area contributed by atoms with Gasteiger partial charge in [0.25, 0.3) is 0 Å².